The molecule has 1 unspecified atom stereocenters. The fraction of sp³-hybridized carbons (Fsp3) is 0.889. The summed E-state index contributed by atoms with van der Waals surface area (Å²) in [5.41, 5.74) is -0.387. The third kappa shape index (κ3) is 2.42. The summed E-state index contributed by atoms with van der Waals surface area (Å²) < 4.78 is 0. The van der Waals surface area contributed by atoms with E-state index in [9.17, 15) is 9.90 Å². The highest BCUT2D eigenvalue weighted by Crippen LogP contribution is 2.19. The maximum absolute atomic E-state index is 11.2. The zero-order chi connectivity index (χ0) is 9.90. The van der Waals surface area contributed by atoms with Crippen LogP contribution >= 0.6 is 0 Å². The van der Waals surface area contributed by atoms with Crippen LogP contribution in [0, 0.1) is 0 Å². The van der Waals surface area contributed by atoms with Gasteiger partial charge in [-0.15, -0.1) is 0 Å². The van der Waals surface area contributed by atoms with Crippen LogP contribution in [0.2, 0.25) is 0 Å². The summed E-state index contributed by atoms with van der Waals surface area (Å²) in [6, 6.07) is 0. The lowest BCUT2D eigenvalue weighted by molar-refractivity contribution is -0.123. The van der Waals surface area contributed by atoms with E-state index in [2.05, 4.69) is 10.2 Å². The van der Waals surface area contributed by atoms with Crippen LogP contribution in [0.3, 0.4) is 0 Å². The Kier molecular flexibility index (Phi) is 3.27. The molecule has 4 nitrogen and oxygen atoms in total. The summed E-state index contributed by atoms with van der Waals surface area (Å²) >= 11 is 0. The lowest BCUT2D eigenvalue weighted by atomic mass is 10.00. The molecule has 0 aromatic carbocycles. The van der Waals surface area contributed by atoms with E-state index in [1.54, 1.807) is 0 Å². The molecule has 0 aromatic heterocycles. The maximum atomic E-state index is 11.2. The predicted molar refractivity (Wildman–Crippen MR) is 50.4 cm³/mol. The quantitative estimate of drug-likeness (QED) is 0.629. The molecule has 4 heteroatoms. The molecule has 0 radical (unpaired) electrons. The molecule has 1 aliphatic rings. The van der Waals surface area contributed by atoms with Crippen molar-refractivity contribution in [1.82, 2.24) is 10.2 Å². The topological polar surface area (TPSA) is 52.6 Å². The van der Waals surface area contributed by atoms with Gasteiger partial charge in [-0.2, -0.15) is 0 Å². The minimum absolute atomic E-state index is 0.0179. The second-order valence-electron chi connectivity index (χ2n) is 3.83. The van der Waals surface area contributed by atoms with Gasteiger partial charge in [0.15, 0.2) is 0 Å². The van der Waals surface area contributed by atoms with Crippen LogP contribution in [0.4, 0.5) is 0 Å². The number of nitrogens with one attached hydrogen (secondary N) is 1. The number of nitrogens with zero attached hydrogens (tertiary/aromatic N) is 1. The Labute approximate surface area is 78.9 Å². The molecule has 1 heterocycles. The molecule has 0 bridgehead atoms. The number of carbonyl (C=O) groups excluding carboxylic acids is 1. The Morgan fingerprint density at radius 3 is 2.77 bits per heavy atom. The van der Waals surface area contributed by atoms with Gasteiger partial charge in [-0.3, -0.25) is 4.79 Å². The summed E-state index contributed by atoms with van der Waals surface area (Å²) in [5, 5.41) is 12.1. The van der Waals surface area contributed by atoms with Gasteiger partial charge >= 0.3 is 0 Å². The average molecular weight is 186 g/mol. The lowest BCUT2D eigenvalue weighted by Gasteiger charge is -2.27. The zero-order valence-corrected chi connectivity index (χ0v) is 8.34. The third-order valence-corrected chi connectivity index (χ3v) is 2.57. The molecular formula is C9H18N2O2. The number of aliphatic hydroxyl groups excluding tert-OH is 1. The van der Waals surface area contributed by atoms with Crippen molar-refractivity contribution in [3.05, 3.63) is 0 Å². The highest BCUT2D eigenvalue weighted by molar-refractivity contribution is 5.76. The number of hydrogen-bond donors (Lipinski definition) is 2. The molecule has 0 aromatic rings. The van der Waals surface area contributed by atoms with Crippen molar-refractivity contribution in [1.29, 1.82) is 0 Å². The van der Waals surface area contributed by atoms with Crippen LogP contribution in [0.25, 0.3) is 0 Å². The molecule has 1 rings (SSSR count). The minimum atomic E-state index is -0.387. The Morgan fingerprint density at radius 2 is 2.38 bits per heavy atom. The summed E-state index contributed by atoms with van der Waals surface area (Å²) in [5.74, 6) is 0.0179. The fourth-order valence-corrected chi connectivity index (χ4v) is 1.73. The predicted octanol–water partition coefficient (Wildman–Crippen LogP) is -0.421. The van der Waals surface area contributed by atoms with Crippen molar-refractivity contribution in [3.63, 3.8) is 0 Å². The van der Waals surface area contributed by atoms with E-state index in [1.807, 2.05) is 14.0 Å². The number of amides is 1. The van der Waals surface area contributed by atoms with E-state index in [4.69, 9.17) is 0 Å². The van der Waals surface area contributed by atoms with Crippen molar-refractivity contribution in [2.45, 2.75) is 25.3 Å². The van der Waals surface area contributed by atoms with Crippen molar-refractivity contribution in [2.75, 3.05) is 26.7 Å². The van der Waals surface area contributed by atoms with E-state index in [0.717, 1.165) is 19.5 Å². The Bertz CT molecular complexity index is 196. The monoisotopic (exact) mass is 186 g/mol. The number of likely N-dealkylation sites (N-methyl/N-ethyl adjacent to an activating group) is 1. The second kappa shape index (κ2) is 4.07. The lowest BCUT2D eigenvalue weighted by Crippen LogP contribution is -2.52. The van der Waals surface area contributed by atoms with Gasteiger partial charge in [0.2, 0.25) is 5.91 Å². The Hall–Kier alpha value is -0.610. The second-order valence-corrected chi connectivity index (χ2v) is 3.83. The SMILES string of the molecule is CCC(=O)NC1(CO)CCN(C)C1. The summed E-state index contributed by atoms with van der Waals surface area (Å²) in [6.45, 7) is 3.53. The molecule has 0 aliphatic carbocycles. The Morgan fingerprint density at radius 1 is 1.69 bits per heavy atom. The van der Waals surface area contributed by atoms with Gasteiger partial charge in [-0.25, -0.2) is 0 Å². The fourth-order valence-electron chi connectivity index (χ4n) is 1.73. The molecule has 1 aliphatic heterocycles. The normalized spacial score (nSPS) is 29.2. The van der Waals surface area contributed by atoms with Gasteiger partial charge in [-0.1, -0.05) is 6.92 Å². The number of hydrogen-bond acceptors (Lipinski definition) is 3. The minimum Gasteiger partial charge on any atom is -0.394 e. The first-order chi connectivity index (χ1) is 6.12. The van der Waals surface area contributed by atoms with E-state index < -0.39 is 0 Å². The van der Waals surface area contributed by atoms with Gasteiger partial charge in [0.05, 0.1) is 12.1 Å². The first kappa shape index (κ1) is 10.5. The number of rotatable bonds is 3. The molecule has 1 fully saturated rings. The molecule has 0 saturated carbocycles. The smallest absolute Gasteiger partial charge is 0.220 e. The standard InChI is InChI=1S/C9H18N2O2/c1-3-8(13)10-9(7-12)4-5-11(2)6-9/h12H,3-7H2,1-2H3,(H,10,13). The average Bonchev–Trinajstić information content (AvgIpc) is 2.48. The highest BCUT2D eigenvalue weighted by Gasteiger charge is 2.36. The van der Waals surface area contributed by atoms with Crippen molar-refractivity contribution in [2.24, 2.45) is 0 Å². The van der Waals surface area contributed by atoms with Crippen molar-refractivity contribution < 1.29 is 9.90 Å². The van der Waals surface area contributed by atoms with Gasteiger partial charge in [0.1, 0.15) is 0 Å². The first-order valence-electron chi connectivity index (χ1n) is 4.72. The van der Waals surface area contributed by atoms with Crippen LogP contribution in [0.1, 0.15) is 19.8 Å². The number of likely N-dealkylation sites (tertiary alicyclic amines) is 1. The van der Waals surface area contributed by atoms with Crippen LogP contribution in [-0.2, 0) is 4.79 Å². The molecule has 0 spiro atoms. The van der Waals surface area contributed by atoms with Gasteiger partial charge in [0, 0.05) is 19.5 Å². The summed E-state index contributed by atoms with van der Waals surface area (Å²) in [4.78, 5) is 13.3. The van der Waals surface area contributed by atoms with Crippen molar-refractivity contribution in [3.8, 4) is 0 Å². The van der Waals surface area contributed by atoms with Crippen LogP contribution in [0.5, 0.6) is 0 Å². The highest BCUT2D eigenvalue weighted by atomic mass is 16.3. The van der Waals surface area contributed by atoms with E-state index in [1.165, 1.54) is 0 Å². The molecule has 1 saturated heterocycles. The van der Waals surface area contributed by atoms with Crippen LogP contribution in [0.15, 0.2) is 0 Å². The molecule has 2 N–H and O–H groups in total. The van der Waals surface area contributed by atoms with E-state index >= 15 is 0 Å². The van der Waals surface area contributed by atoms with Crippen LogP contribution in [-0.4, -0.2) is 48.2 Å². The number of carbonyl (C=O) groups is 1. The van der Waals surface area contributed by atoms with Gasteiger partial charge in [-0.05, 0) is 13.5 Å². The largest absolute Gasteiger partial charge is 0.394 e. The third-order valence-electron chi connectivity index (χ3n) is 2.57. The van der Waals surface area contributed by atoms with E-state index in [0.29, 0.717) is 6.42 Å². The molecule has 13 heavy (non-hydrogen) atoms. The molecule has 76 valence electrons. The number of aliphatic hydroxyl groups is 1. The van der Waals surface area contributed by atoms with Crippen LogP contribution < -0.4 is 5.32 Å². The zero-order valence-electron chi connectivity index (χ0n) is 8.34. The molecule has 1 atom stereocenters. The van der Waals surface area contributed by atoms with Gasteiger partial charge < -0.3 is 15.3 Å². The molecule has 1 amide bonds. The first-order valence-corrected chi connectivity index (χ1v) is 4.72. The van der Waals surface area contributed by atoms with Crippen molar-refractivity contribution >= 4 is 5.91 Å². The Balaban J connectivity index is 2.55. The summed E-state index contributed by atoms with van der Waals surface area (Å²) in [7, 11) is 2.00. The maximum Gasteiger partial charge on any atom is 0.220 e. The molecular weight excluding hydrogens is 168 g/mol. The summed E-state index contributed by atoms with van der Waals surface area (Å²) in [6.07, 6.45) is 1.32. The van der Waals surface area contributed by atoms with Gasteiger partial charge in [0.25, 0.3) is 0 Å². The van der Waals surface area contributed by atoms with E-state index in [-0.39, 0.29) is 18.1 Å².